The topological polar surface area (TPSA) is 26.3 Å². The minimum absolute atomic E-state index is 0.874. The molecule has 0 aliphatic heterocycles. The maximum absolute atomic E-state index is 6.96. The molecule has 84 heavy (non-hydrogen) atoms. The van der Waals surface area contributed by atoms with Crippen LogP contribution >= 0.6 is 0 Å². The van der Waals surface area contributed by atoms with E-state index in [1.165, 1.54) is 109 Å². The van der Waals surface area contributed by atoms with Crippen LogP contribution in [0.15, 0.2) is 300 Å². The third-order valence-corrected chi connectivity index (χ3v) is 18.0. The van der Waals surface area contributed by atoms with Crippen LogP contribution < -0.4 is 0 Å². The van der Waals surface area contributed by atoms with Gasteiger partial charge in [0.15, 0.2) is 0 Å². The van der Waals surface area contributed by atoms with Gasteiger partial charge in [0.25, 0.3) is 0 Å². The average molecular weight is 1070 g/mol. The van der Waals surface area contributed by atoms with Gasteiger partial charge in [-0.25, -0.2) is 0 Å². The molecule has 0 spiro atoms. The van der Waals surface area contributed by atoms with Crippen LogP contribution in [0.5, 0.6) is 0 Å². The van der Waals surface area contributed by atoms with Gasteiger partial charge in [-0.15, -0.1) is 0 Å². The highest BCUT2D eigenvalue weighted by Gasteiger charge is 2.25. The lowest BCUT2D eigenvalue weighted by Crippen LogP contribution is -1.94. The van der Waals surface area contributed by atoms with Crippen LogP contribution in [0, 0.1) is 0 Å². The zero-order chi connectivity index (χ0) is 55.0. The monoisotopic (exact) mass is 1060 g/mol. The predicted molar refractivity (Wildman–Crippen MR) is 356 cm³/mol. The van der Waals surface area contributed by atoms with Crippen LogP contribution in [0.25, 0.3) is 186 Å². The van der Waals surface area contributed by atoms with Gasteiger partial charge in [0.2, 0.25) is 0 Å². The van der Waals surface area contributed by atoms with Gasteiger partial charge in [-0.3, -0.25) is 0 Å². The maximum atomic E-state index is 6.96. The molecule has 0 bridgehead atoms. The first-order valence-electron chi connectivity index (χ1n) is 29.0. The molecule has 0 aliphatic carbocycles. The van der Waals surface area contributed by atoms with Crippen molar-refractivity contribution in [1.82, 2.24) is 0 Å². The minimum atomic E-state index is 0.874. The number of hydrogen-bond donors (Lipinski definition) is 0. The molecule has 0 saturated carbocycles. The number of para-hydroxylation sites is 3. The Balaban J connectivity index is 0.964. The first-order chi connectivity index (χ1) is 41.7. The quantitative estimate of drug-likeness (QED) is 0.123. The van der Waals surface area contributed by atoms with Crippen LogP contribution in [0.3, 0.4) is 0 Å². The Kier molecular flexibility index (Phi) is 10.1. The van der Waals surface area contributed by atoms with Crippen molar-refractivity contribution in [2.24, 2.45) is 0 Å². The molecular formula is C82H48O2. The molecule has 0 aliphatic rings. The molecule has 16 aromatic carbocycles. The molecule has 0 N–H and O–H groups in total. The highest BCUT2D eigenvalue weighted by Crippen LogP contribution is 2.52. The second-order valence-corrected chi connectivity index (χ2v) is 22.4. The lowest BCUT2D eigenvalue weighted by molar-refractivity contribution is 0.669. The number of furan rings is 2. The normalized spacial score (nSPS) is 12.0. The summed E-state index contributed by atoms with van der Waals surface area (Å²) < 4.78 is 13.6. The molecule has 2 nitrogen and oxygen atoms in total. The van der Waals surface area contributed by atoms with E-state index in [2.05, 4.69) is 291 Å². The summed E-state index contributed by atoms with van der Waals surface area (Å²) in [6, 6.07) is 107. The summed E-state index contributed by atoms with van der Waals surface area (Å²) in [5.41, 5.74) is 17.6. The molecule has 18 aromatic rings. The van der Waals surface area contributed by atoms with Gasteiger partial charge in [-0.05, 0) is 167 Å². The fourth-order valence-electron chi connectivity index (χ4n) is 14.5. The maximum Gasteiger partial charge on any atom is 0.143 e. The Labute approximate surface area is 483 Å². The van der Waals surface area contributed by atoms with Crippen LogP contribution in [0.2, 0.25) is 0 Å². The first kappa shape index (κ1) is 46.7. The highest BCUT2D eigenvalue weighted by atomic mass is 16.3. The van der Waals surface area contributed by atoms with Crippen molar-refractivity contribution in [1.29, 1.82) is 0 Å². The minimum Gasteiger partial charge on any atom is -0.456 e. The molecule has 0 saturated heterocycles. The summed E-state index contributed by atoms with van der Waals surface area (Å²) in [4.78, 5) is 0. The van der Waals surface area contributed by atoms with Crippen molar-refractivity contribution in [3.05, 3.63) is 291 Å². The van der Waals surface area contributed by atoms with Crippen LogP contribution in [0.1, 0.15) is 0 Å². The lowest BCUT2D eigenvalue weighted by atomic mass is 9.81. The lowest BCUT2D eigenvalue weighted by Gasteiger charge is -2.21. The zero-order valence-corrected chi connectivity index (χ0v) is 45.5. The molecule has 0 amide bonds. The molecule has 18 rings (SSSR count). The molecule has 2 heterocycles. The standard InChI is InChI=1S/C82H48O2/c1-2-20-49(21-3-1)54-44-45-64(57-26-8-6-25-56(54)57)77-60-29-10-13-32-63(60)80(70-36-18-34-67-59-28-14-16-37-74(59)84-82(67)70)73-47-51(40-42-65(73)77)50-41-43-66-72(46-50)79(69-35-19-39-76-81(69)68-33-15-17-38-75(68)83-76)62-31-12-11-30-61(62)78(66)71-48-52-22-4-5-23-53(52)55-24-7-9-27-58(55)71/h1-48H. The largest absolute Gasteiger partial charge is 0.456 e. The number of benzene rings is 16. The summed E-state index contributed by atoms with van der Waals surface area (Å²) in [5.74, 6) is 0. The molecule has 388 valence electrons. The Bertz CT molecular complexity index is 5800. The van der Waals surface area contributed by atoms with E-state index in [0.717, 1.165) is 77.1 Å². The predicted octanol–water partition coefficient (Wildman–Crippen LogP) is 23.6. The second kappa shape index (κ2) is 18.2. The van der Waals surface area contributed by atoms with Crippen molar-refractivity contribution in [2.75, 3.05) is 0 Å². The van der Waals surface area contributed by atoms with Crippen molar-refractivity contribution in [3.8, 4) is 66.8 Å². The van der Waals surface area contributed by atoms with E-state index in [1.807, 2.05) is 0 Å². The molecule has 2 aromatic heterocycles. The molecular weight excluding hydrogens is 1020 g/mol. The second-order valence-electron chi connectivity index (χ2n) is 22.4. The van der Waals surface area contributed by atoms with Crippen molar-refractivity contribution in [2.45, 2.75) is 0 Å². The Hall–Kier alpha value is -11.1. The molecule has 0 radical (unpaired) electrons. The first-order valence-corrected chi connectivity index (χ1v) is 29.0. The number of hydrogen-bond acceptors (Lipinski definition) is 2. The third-order valence-electron chi connectivity index (χ3n) is 18.0. The van der Waals surface area contributed by atoms with E-state index >= 15 is 0 Å². The smallest absolute Gasteiger partial charge is 0.143 e. The molecule has 0 unspecified atom stereocenters. The van der Waals surface area contributed by atoms with Gasteiger partial charge < -0.3 is 8.83 Å². The summed E-state index contributed by atoms with van der Waals surface area (Å²) in [5, 5.41) is 21.3. The Morgan fingerprint density at radius 3 is 1.27 bits per heavy atom. The Morgan fingerprint density at radius 1 is 0.179 bits per heavy atom. The van der Waals surface area contributed by atoms with E-state index in [1.54, 1.807) is 0 Å². The van der Waals surface area contributed by atoms with Crippen molar-refractivity contribution < 1.29 is 8.83 Å². The van der Waals surface area contributed by atoms with E-state index in [0.29, 0.717) is 0 Å². The van der Waals surface area contributed by atoms with Gasteiger partial charge >= 0.3 is 0 Å². The highest BCUT2D eigenvalue weighted by molar-refractivity contribution is 6.30. The van der Waals surface area contributed by atoms with Gasteiger partial charge in [-0.1, -0.05) is 255 Å². The Morgan fingerprint density at radius 2 is 0.607 bits per heavy atom. The fourth-order valence-corrected chi connectivity index (χ4v) is 14.5. The summed E-state index contributed by atoms with van der Waals surface area (Å²) in [6.07, 6.45) is 0. The molecule has 2 heteroatoms. The van der Waals surface area contributed by atoms with E-state index in [4.69, 9.17) is 8.83 Å². The van der Waals surface area contributed by atoms with Gasteiger partial charge in [0.1, 0.15) is 22.3 Å². The van der Waals surface area contributed by atoms with E-state index < -0.39 is 0 Å². The van der Waals surface area contributed by atoms with E-state index in [9.17, 15) is 0 Å². The molecule has 0 fully saturated rings. The summed E-state index contributed by atoms with van der Waals surface area (Å²) in [7, 11) is 0. The van der Waals surface area contributed by atoms with Crippen LogP contribution in [0.4, 0.5) is 0 Å². The van der Waals surface area contributed by atoms with Crippen molar-refractivity contribution >= 4 is 119 Å². The van der Waals surface area contributed by atoms with Crippen molar-refractivity contribution in [3.63, 3.8) is 0 Å². The number of rotatable bonds is 6. The molecule has 0 atom stereocenters. The van der Waals surface area contributed by atoms with Crippen LogP contribution in [-0.2, 0) is 0 Å². The SMILES string of the molecule is c1ccc(-c2ccc(-c3c4ccccc4c(-c4cccc5c4oc4ccccc45)c4cc(-c5ccc6c(-c7cc8ccccc8c8ccccc78)c7ccccc7c(-c7cccc8oc9ccccc9c78)c6c5)ccc34)c3ccccc23)cc1. The third kappa shape index (κ3) is 6.86. The summed E-state index contributed by atoms with van der Waals surface area (Å²) in [6.45, 7) is 0. The number of fused-ring (bicyclic) bond motifs is 14. The van der Waals surface area contributed by atoms with Crippen LogP contribution in [-0.4, -0.2) is 0 Å². The van der Waals surface area contributed by atoms with E-state index in [-0.39, 0.29) is 0 Å². The zero-order valence-electron chi connectivity index (χ0n) is 45.5. The van der Waals surface area contributed by atoms with Gasteiger partial charge in [0, 0.05) is 32.7 Å². The fraction of sp³-hybridized carbons (Fsp3) is 0. The average Bonchev–Trinajstić information content (AvgIpc) is 1.31. The van der Waals surface area contributed by atoms with Gasteiger partial charge in [-0.2, -0.15) is 0 Å². The van der Waals surface area contributed by atoms with Gasteiger partial charge in [0.05, 0.1) is 0 Å². The summed E-state index contributed by atoms with van der Waals surface area (Å²) >= 11 is 0.